The molecular formula is C23H22O3S. The number of unbranched alkanes of at least 4 members (excludes halogenated alkanes) is 1. The number of thioether (sulfide) groups is 1. The lowest BCUT2D eigenvalue weighted by molar-refractivity contribution is -0.137. The number of aliphatic carboxylic acids is 1. The van der Waals surface area contributed by atoms with Crippen molar-refractivity contribution in [3.8, 4) is 53.1 Å². The lowest BCUT2D eigenvalue weighted by Gasteiger charge is -2.02. The van der Waals surface area contributed by atoms with Crippen LogP contribution in [0.15, 0.2) is 29.2 Å². The molecule has 0 bridgehead atoms. The highest BCUT2D eigenvalue weighted by atomic mass is 32.2. The van der Waals surface area contributed by atoms with E-state index in [2.05, 4.69) is 47.4 Å². The van der Waals surface area contributed by atoms with Crippen molar-refractivity contribution >= 4 is 17.7 Å². The minimum Gasteiger partial charge on any atom is -0.481 e. The largest absolute Gasteiger partial charge is 0.481 e. The van der Waals surface area contributed by atoms with Gasteiger partial charge in [-0.2, -0.15) is 0 Å². The Morgan fingerprint density at radius 3 is 2.04 bits per heavy atom. The van der Waals surface area contributed by atoms with E-state index in [-0.39, 0.29) is 6.42 Å². The predicted molar refractivity (Wildman–Crippen MR) is 110 cm³/mol. The van der Waals surface area contributed by atoms with Gasteiger partial charge in [0.05, 0.1) is 19.3 Å². The van der Waals surface area contributed by atoms with Crippen molar-refractivity contribution in [1.82, 2.24) is 0 Å². The Labute approximate surface area is 166 Å². The SMILES string of the molecule is CSc1ccc(OCC#CCC#CCC#CCC#CCCCC(=O)O)cc1. The maximum Gasteiger partial charge on any atom is 0.303 e. The van der Waals surface area contributed by atoms with Gasteiger partial charge >= 0.3 is 5.97 Å². The molecule has 0 unspecified atom stereocenters. The fourth-order valence-corrected chi connectivity index (χ4v) is 2.17. The minimum atomic E-state index is -0.784. The summed E-state index contributed by atoms with van der Waals surface area (Å²) in [7, 11) is 0. The molecule has 0 fully saturated rings. The molecule has 0 aliphatic heterocycles. The van der Waals surface area contributed by atoms with Crippen LogP contribution < -0.4 is 4.74 Å². The van der Waals surface area contributed by atoms with Gasteiger partial charge in [-0.15, -0.1) is 17.7 Å². The van der Waals surface area contributed by atoms with Gasteiger partial charge in [-0.1, -0.05) is 41.4 Å². The van der Waals surface area contributed by atoms with E-state index >= 15 is 0 Å². The topological polar surface area (TPSA) is 46.5 Å². The Morgan fingerprint density at radius 1 is 0.926 bits per heavy atom. The molecule has 0 heterocycles. The first kappa shape index (κ1) is 22.1. The average Bonchev–Trinajstić information content (AvgIpc) is 2.68. The highest BCUT2D eigenvalue weighted by Crippen LogP contribution is 2.18. The first-order valence-corrected chi connectivity index (χ1v) is 9.76. The van der Waals surface area contributed by atoms with Gasteiger partial charge < -0.3 is 9.84 Å². The monoisotopic (exact) mass is 378 g/mol. The zero-order chi connectivity index (χ0) is 19.6. The molecule has 1 aromatic rings. The van der Waals surface area contributed by atoms with Crippen molar-refractivity contribution in [3.05, 3.63) is 24.3 Å². The second kappa shape index (κ2) is 15.3. The Bertz CT molecular complexity index is 825. The summed E-state index contributed by atoms with van der Waals surface area (Å²) in [6.07, 6.45) is 4.87. The van der Waals surface area contributed by atoms with Crippen molar-refractivity contribution < 1.29 is 14.6 Å². The highest BCUT2D eigenvalue weighted by molar-refractivity contribution is 7.98. The molecule has 1 rings (SSSR count). The fourth-order valence-electron chi connectivity index (χ4n) is 1.77. The zero-order valence-electron chi connectivity index (χ0n) is 15.4. The van der Waals surface area contributed by atoms with Crippen molar-refractivity contribution in [1.29, 1.82) is 0 Å². The van der Waals surface area contributed by atoms with Crippen LogP contribution >= 0.6 is 11.8 Å². The molecule has 1 aromatic carbocycles. The quantitative estimate of drug-likeness (QED) is 0.457. The number of ether oxygens (including phenoxy) is 1. The van der Waals surface area contributed by atoms with Crippen LogP contribution in [0.3, 0.4) is 0 Å². The van der Waals surface area contributed by atoms with Crippen molar-refractivity contribution in [2.75, 3.05) is 12.9 Å². The van der Waals surface area contributed by atoms with Gasteiger partial charge in [-0.25, -0.2) is 0 Å². The molecule has 4 heteroatoms. The molecule has 27 heavy (non-hydrogen) atoms. The molecule has 0 amide bonds. The minimum absolute atomic E-state index is 0.163. The van der Waals surface area contributed by atoms with Crippen LogP contribution in [0.4, 0.5) is 0 Å². The summed E-state index contributed by atoms with van der Waals surface area (Å²) in [5, 5.41) is 8.48. The fraction of sp³-hybridized carbons (Fsp3) is 0.348. The van der Waals surface area contributed by atoms with Crippen LogP contribution in [0.5, 0.6) is 5.75 Å². The Kier molecular flexibility index (Phi) is 12.6. The Hall–Kier alpha value is -2.92. The van der Waals surface area contributed by atoms with E-state index in [1.807, 2.05) is 30.5 Å². The second-order valence-corrected chi connectivity index (χ2v) is 6.04. The van der Waals surface area contributed by atoms with E-state index < -0.39 is 5.97 Å². The van der Waals surface area contributed by atoms with Gasteiger partial charge in [-0.05, 0) is 36.9 Å². The van der Waals surface area contributed by atoms with Gasteiger partial charge in [0.2, 0.25) is 0 Å². The maximum absolute atomic E-state index is 10.3. The van der Waals surface area contributed by atoms with E-state index in [0.29, 0.717) is 38.7 Å². The summed E-state index contributed by atoms with van der Waals surface area (Å²) < 4.78 is 5.53. The van der Waals surface area contributed by atoms with Crippen LogP contribution in [0, 0.1) is 47.4 Å². The lowest BCUT2D eigenvalue weighted by atomic mass is 10.2. The summed E-state index contributed by atoms with van der Waals surface area (Å²) in [4.78, 5) is 11.5. The number of carboxylic acid groups (broad SMARTS) is 1. The third kappa shape index (κ3) is 13.0. The predicted octanol–water partition coefficient (Wildman–Crippen LogP) is 4.23. The number of carboxylic acids is 1. The van der Waals surface area contributed by atoms with Crippen molar-refractivity contribution in [2.45, 2.75) is 43.4 Å². The molecule has 0 aromatic heterocycles. The van der Waals surface area contributed by atoms with Crippen LogP contribution in [0.1, 0.15) is 38.5 Å². The van der Waals surface area contributed by atoms with Gasteiger partial charge in [0.1, 0.15) is 12.4 Å². The first-order chi connectivity index (χ1) is 13.2. The molecular weight excluding hydrogens is 356 g/mol. The second-order valence-electron chi connectivity index (χ2n) is 5.16. The van der Waals surface area contributed by atoms with Gasteiger partial charge in [0.15, 0.2) is 0 Å². The van der Waals surface area contributed by atoms with E-state index in [4.69, 9.17) is 9.84 Å². The summed E-state index contributed by atoms with van der Waals surface area (Å²) in [5.74, 6) is 23.5. The van der Waals surface area contributed by atoms with E-state index in [9.17, 15) is 4.79 Å². The number of benzene rings is 1. The highest BCUT2D eigenvalue weighted by Gasteiger charge is 1.93. The van der Waals surface area contributed by atoms with Gasteiger partial charge in [-0.3, -0.25) is 4.79 Å². The molecule has 0 aliphatic carbocycles. The first-order valence-electron chi connectivity index (χ1n) is 8.54. The third-order valence-electron chi connectivity index (χ3n) is 3.09. The Morgan fingerprint density at radius 2 is 1.48 bits per heavy atom. The van der Waals surface area contributed by atoms with Crippen LogP contribution in [-0.2, 0) is 4.79 Å². The summed E-state index contributed by atoms with van der Waals surface area (Å²) in [6, 6.07) is 7.91. The molecule has 0 atom stereocenters. The molecule has 0 saturated heterocycles. The molecule has 1 N–H and O–H groups in total. The normalized spacial score (nSPS) is 8.48. The summed E-state index contributed by atoms with van der Waals surface area (Å²) >= 11 is 1.69. The van der Waals surface area contributed by atoms with E-state index in [1.54, 1.807) is 11.8 Å². The third-order valence-corrected chi connectivity index (χ3v) is 3.84. The van der Waals surface area contributed by atoms with Gasteiger partial charge in [0.25, 0.3) is 0 Å². The lowest BCUT2D eigenvalue weighted by Crippen LogP contribution is -1.93. The average molecular weight is 378 g/mol. The van der Waals surface area contributed by atoms with Crippen LogP contribution in [-0.4, -0.2) is 23.9 Å². The standard InChI is InChI=1S/C23H22O3S/c1-27-22-18-16-21(17-19-22)26-20-14-12-10-8-6-4-2-3-5-7-9-11-13-15-23(24)25/h16-19H,4-5,10-11,13,15,20H2,1H3,(H,24,25). The molecule has 0 spiro atoms. The number of hydrogen-bond acceptors (Lipinski definition) is 3. The Balaban J connectivity index is 2.10. The van der Waals surface area contributed by atoms with Crippen LogP contribution in [0.2, 0.25) is 0 Å². The summed E-state index contributed by atoms with van der Waals surface area (Å²) in [5.41, 5.74) is 0. The number of hydrogen-bond donors (Lipinski definition) is 1. The smallest absolute Gasteiger partial charge is 0.303 e. The molecule has 3 nitrogen and oxygen atoms in total. The van der Waals surface area contributed by atoms with Gasteiger partial charge in [0, 0.05) is 17.7 Å². The molecule has 138 valence electrons. The van der Waals surface area contributed by atoms with E-state index in [1.165, 1.54) is 4.90 Å². The molecule has 0 aliphatic rings. The number of carbonyl (C=O) groups is 1. The maximum atomic E-state index is 10.3. The summed E-state index contributed by atoms with van der Waals surface area (Å²) in [6.45, 7) is 0.352. The van der Waals surface area contributed by atoms with Crippen molar-refractivity contribution in [2.24, 2.45) is 0 Å². The van der Waals surface area contributed by atoms with Crippen molar-refractivity contribution in [3.63, 3.8) is 0 Å². The molecule has 0 radical (unpaired) electrons. The van der Waals surface area contributed by atoms with Crippen LogP contribution in [0.25, 0.3) is 0 Å². The van der Waals surface area contributed by atoms with E-state index in [0.717, 1.165) is 5.75 Å². The number of rotatable bonds is 6. The molecule has 0 saturated carbocycles. The zero-order valence-corrected chi connectivity index (χ0v) is 16.2.